The molecule has 0 unspecified atom stereocenters. The van der Waals surface area contributed by atoms with Crippen LogP contribution >= 0.6 is 11.3 Å². The summed E-state index contributed by atoms with van der Waals surface area (Å²) >= 11 is 1.58. The van der Waals surface area contributed by atoms with Gasteiger partial charge in [0, 0.05) is 4.88 Å². The van der Waals surface area contributed by atoms with Crippen molar-refractivity contribution < 1.29 is 9.53 Å². The lowest BCUT2D eigenvalue weighted by molar-refractivity contribution is -0.123. The van der Waals surface area contributed by atoms with E-state index in [2.05, 4.69) is 10.5 Å². The van der Waals surface area contributed by atoms with Crippen LogP contribution in [0.25, 0.3) is 10.8 Å². The molecule has 23 heavy (non-hydrogen) atoms. The molecule has 1 N–H and O–H groups in total. The zero-order valence-corrected chi connectivity index (χ0v) is 13.5. The van der Waals surface area contributed by atoms with E-state index < -0.39 is 0 Å². The number of fused-ring (bicyclic) bond motifs is 1. The molecule has 0 saturated carbocycles. The van der Waals surface area contributed by atoms with E-state index in [0.717, 1.165) is 21.4 Å². The Kier molecular flexibility index (Phi) is 4.68. The summed E-state index contributed by atoms with van der Waals surface area (Å²) in [6.07, 6.45) is 0. The summed E-state index contributed by atoms with van der Waals surface area (Å²) in [5.74, 6) is 0.381. The first-order chi connectivity index (χ1) is 11.2. The molecule has 0 atom stereocenters. The first-order valence-corrected chi connectivity index (χ1v) is 8.09. The predicted octanol–water partition coefficient (Wildman–Crippen LogP) is 3.82. The van der Waals surface area contributed by atoms with E-state index in [1.807, 2.05) is 66.9 Å². The van der Waals surface area contributed by atoms with Gasteiger partial charge in [0.05, 0.1) is 5.71 Å². The molecule has 2 aromatic carbocycles. The monoisotopic (exact) mass is 324 g/mol. The van der Waals surface area contributed by atoms with Crippen LogP contribution in [0.5, 0.6) is 5.75 Å². The van der Waals surface area contributed by atoms with Crippen LogP contribution in [0.3, 0.4) is 0 Å². The van der Waals surface area contributed by atoms with Gasteiger partial charge in [-0.3, -0.25) is 4.79 Å². The molecule has 1 heterocycles. The highest BCUT2D eigenvalue weighted by molar-refractivity contribution is 7.12. The molecule has 0 saturated heterocycles. The van der Waals surface area contributed by atoms with Gasteiger partial charge in [0.1, 0.15) is 5.75 Å². The third-order valence-electron chi connectivity index (χ3n) is 3.32. The highest BCUT2D eigenvalue weighted by Crippen LogP contribution is 2.20. The Balaban J connectivity index is 1.56. The average Bonchev–Trinajstić information content (AvgIpc) is 3.12. The quantitative estimate of drug-likeness (QED) is 0.573. The zero-order valence-electron chi connectivity index (χ0n) is 12.7. The van der Waals surface area contributed by atoms with Crippen molar-refractivity contribution in [3.63, 3.8) is 0 Å². The molecule has 0 spiro atoms. The van der Waals surface area contributed by atoms with Crippen molar-refractivity contribution in [3.8, 4) is 5.75 Å². The highest BCUT2D eigenvalue weighted by Gasteiger charge is 2.04. The van der Waals surface area contributed by atoms with Crippen molar-refractivity contribution in [3.05, 3.63) is 64.9 Å². The van der Waals surface area contributed by atoms with E-state index in [-0.39, 0.29) is 12.5 Å². The van der Waals surface area contributed by atoms with Gasteiger partial charge in [-0.2, -0.15) is 5.10 Å². The van der Waals surface area contributed by atoms with E-state index in [1.165, 1.54) is 0 Å². The molecule has 0 radical (unpaired) electrons. The normalized spacial score (nSPS) is 11.4. The number of carbonyl (C=O) groups excluding carboxylic acids is 1. The third-order valence-corrected chi connectivity index (χ3v) is 4.30. The molecule has 0 aliphatic heterocycles. The molecule has 3 aromatic rings. The minimum atomic E-state index is -0.283. The van der Waals surface area contributed by atoms with Gasteiger partial charge in [-0.15, -0.1) is 11.3 Å². The number of thiophene rings is 1. The van der Waals surface area contributed by atoms with Crippen molar-refractivity contribution >= 4 is 33.7 Å². The van der Waals surface area contributed by atoms with Gasteiger partial charge in [-0.05, 0) is 41.3 Å². The van der Waals surface area contributed by atoms with Gasteiger partial charge in [-0.1, -0.05) is 36.4 Å². The molecule has 1 aromatic heterocycles. The zero-order chi connectivity index (χ0) is 16.1. The largest absolute Gasteiger partial charge is 0.484 e. The smallest absolute Gasteiger partial charge is 0.277 e. The lowest BCUT2D eigenvalue weighted by atomic mass is 10.1. The van der Waals surface area contributed by atoms with Gasteiger partial charge >= 0.3 is 0 Å². The molecule has 1 amide bonds. The Bertz CT molecular complexity index is 841. The topological polar surface area (TPSA) is 50.7 Å². The maximum Gasteiger partial charge on any atom is 0.277 e. The summed E-state index contributed by atoms with van der Waals surface area (Å²) in [6, 6.07) is 17.7. The maximum absolute atomic E-state index is 11.8. The van der Waals surface area contributed by atoms with E-state index in [9.17, 15) is 4.79 Å². The molecular formula is C18H16N2O2S. The Morgan fingerprint density at radius 2 is 1.96 bits per heavy atom. The van der Waals surface area contributed by atoms with Gasteiger partial charge < -0.3 is 4.74 Å². The number of ether oxygens (including phenoxy) is 1. The second kappa shape index (κ2) is 7.07. The fourth-order valence-electron chi connectivity index (χ4n) is 2.12. The number of hydrogen-bond donors (Lipinski definition) is 1. The number of nitrogens with zero attached hydrogens (tertiary/aromatic N) is 1. The third kappa shape index (κ3) is 3.96. The van der Waals surface area contributed by atoms with Crippen LogP contribution in [0, 0.1) is 0 Å². The first kappa shape index (κ1) is 15.2. The molecule has 0 aliphatic rings. The van der Waals surface area contributed by atoms with Crippen LogP contribution in [-0.4, -0.2) is 18.2 Å². The van der Waals surface area contributed by atoms with E-state index in [0.29, 0.717) is 5.75 Å². The number of carbonyl (C=O) groups is 1. The summed E-state index contributed by atoms with van der Waals surface area (Å²) in [5.41, 5.74) is 3.29. The Morgan fingerprint density at radius 1 is 1.13 bits per heavy atom. The number of benzene rings is 2. The summed E-state index contributed by atoms with van der Waals surface area (Å²) < 4.78 is 5.52. The van der Waals surface area contributed by atoms with Crippen LogP contribution in [0.4, 0.5) is 0 Å². The highest BCUT2D eigenvalue weighted by atomic mass is 32.1. The van der Waals surface area contributed by atoms with Crippen LogP contribution < -0.4 is 10.2 Å². The minimum Gasteiger partial charge on any atom is -0.484 e. The summed E-state index contributed by atoms with van der Waals surface area (Å²) in [6.45, 7) is 1.79. The van der Waals surface area contributed by atoms with Crippen LogP contribution in [0.1, 0.15) is 11.8 Å². The second-order valence-electron chi connectivity index (χ2n) is 5.01. The molecule has 3 rings (SSSR count). The van der Waals surface area contributed by atoms with Gasteiger partial charge in [-0.25, -0.2) is 5.43 Å². The van der Waals surface area contributed by atoms with Crippen LogP contribution in [-0.2, 0) is 4.79 Å². The molecule has 0 bridgehead atoms. The average molecular weight is 324 g/mol. The predicted molar refractivity (Wildman–Crippen MR) is 94.1 cm³/mol. The molecular weight excluding hydrogens is 308 g/mol. The SMILES string of the molecule is C/C(=N/NC(=O)COc1ccc2ccccc2c1)c1cccs1. The van der Waals surface area contributed by atoms with Crippen molar-refractivity contribution in [1.82, 2.24) is 5.43 Å². The van der Waals surface area contributed by atoms with E-state index in [1.54, 1.807) is 11.3 Å². The molecule has 0 fully saturated rings. The van der Waals surface area contributed by atoms with Gasteiger partial charge in [0.15, 0.2) is 6.61 Å². The van der Waals surface area contributed by atoms with Crippen molar-refractivity contribution in [1.29, 1.82) is 0 Å². The summed E-state index contributed by atoms with van der Waals surface area (Å²) in [7, 11) is 0. The Morgan fingerprint density at radius 3 is 2.74 bits per heavy atom. The van der Waals surface area contributed by atoms with Crippen molar-refractivity contribution in [2.24, 2.45) is 5.10 Å². The lowest BCUT2D eigenvalue weighted by Gasteiger charge is -2.06. The fraction of sp³-hybridized carbons (Fsp3) is 0.111. The summed E-state index contributed by atoms with van der Waals surface area (Å²) in [4.78, 5) is 12.8. The Labute approximate surface area is 138 Å². The molecule has 0 aliphatic carbocycles. The van der Waals surface area contributed by atoms with Gasteiger partial charge in [0.2, 0.25) is 0 Å². The molecule has 116 valence electrons. The number of hydrogen-bond acceptors (Lipinski definition) is 4. The number of nitrogens with one attached hydrogen (secondary N) is 1. The van der Waals surface area contributed by atoms with Gasteiger partial charge in [0.25, 0.3) is 5.91 Å². The number of rotatable bonds is 5. The maximum atomic E-state index is 11.8. The van der Waals surface area contributed by atoms with Crippen molar-refractivity contribution in [2.75, 3.05) is 6.61 Å². The van der Waals surface area contributed by atoms with Crippen LogP contribution in [0.2, 0.25) is 0 Å². The minimum absolute atomic E-state index is 0.0699. The first-order valence-electron chi connectivity index (χ1n) is 7.21. The Hall–Kier alpha value is -2.66. The van der Waals surface area contributed by atoms with E-state index in [4.69, 9.17) is 4.74 Å². The molecule has 5 heteroatoms. The second-order valence-corrected chi connectivity index (χ2v) is 5.95. The number of amides is 1. The lowest BCUT2D eigenvalue weighted by Crippen LogP contribution is -2.25. The summed E-state index contributed by atoms with van der Waals surface area (Å²) in [5, 5.41) is 8.27. The van der Waals surface area contributed by atoms with Crippen molar-refractivity contribution in [2.45, 2.75) is 6.92 Å². The molecule has 4 nitrogen and oxygen atoms in total. The van der Waals surface area contributed by atoms with Crippen LogP contribution in [0.15, 0.2) is 65.1 Å². The number of hydrazone groups is 1. The standard InChI is InChI=1S/C18H16N2O2S/c1-13(17-7-4-10-23-17)19-20-18(21)12-22-16-9-8-14-5-2-3-6-15(14)11-16/h2-11H,12H2,1H3,(H,20,21)/b19-13-. The van der Waals surface area contributed by atoms with E-state index >= 15 is 0 Å². The fourth-order valence-corrected chi connectivity index (χ4v) is 2.80.